The number of carbonyl (C=O) groups excluding carboxylic acids is 2. The van der Waals surface area contributed by atoms with Crippen LogP contribution in [0, 0.1) is 0 Å². The number of halogens is 4. The maximum absolute atomic E-state index is 11.1. The Morgan fingerprint density at radius 2 is 1.58 bits per heavy atom. The van der Waals surface area contributed by atoms with Crippen molar-refractivity contribution in [2.75, 3.05) is 0 Å². The van der Waals surface area contributed by atoms with Crippen LogP contribution in [-0.4, -0.2) is 20.2 Å². The van der Waals surface area contributed by atoms with Crippen molar-refractivity contribution >= 4 is 58.0 Å². The van der Waals surface area contributed by atoms with Gasteiger partial charge in [0.05, 0.1) is 0 Å². The highest BCUT2D eigenvalue weighted by Crippen LogP contribution is 2.49. The molecule has 0 amide bonds. The van der Waals surface area contributed by atoms with Crippen LogP contribution < -0.4 is 0 Å². The first-order chi connectivity index (χ1) is 5.29. The predicted octanol–water partition coefficient (Wildman–Crippen LogP) is 2.27. The summed E-state index contributed by atoms with van der Waals surface area (Å²) >= 11 is 22.4. The van der Waals surface area contributed by atoms with Gasteiger partial charge in [0.2, 0.25) is 15.9 Å². The molecule has 0 radical (unpaired) electrons. The summed E-state index contributed by atoms with van der Waals surface area (Å²) in [6.07, 6.45) is 0.0840. The fraction of sp³-hybridized carbons (Fsp3) is 0.667. The lowest BCUT2D eigenvalue weighted by Gasteiger charge is -2.34. The first kappa shape index (κ1) is 10.6. The third-order valence-corrected chi connectivity index (χ3v) is 3.98. The van der Waals surface area contributed by atoms with E-state index in [1.54, 1.807) is 0 Å². The third kappa shape index (κ3) is 1.46. The minimum atomic E-state index is -2.01. The number of Topliss-reactive ketones (excluding diaryl/α,β-unsaturated/α-hetero) is 2. The summed E-state index contributed by atoms with van der Waals surface area (Å²) in [5, 5.41) is 0. The maximum Gasteiger partial charge on any atom is 0.237 e. The van der Waals surface area contributed by atoms with Crippen molar-refractivity contribution in [1.82, 2.24) is 0 Å². The van der Waals surface area contributed by atoms with Gasteiger partial charge in [0, 0.05) is 6.42 Å². The molecule has 0 aliphatic heterocycles. The Bertz CT molecular complexity index is 246. The highest BCUT2D eigenvalue weighted by atomic mass is 35.5. The van der Waals surface area contributed by atoms with E-state index in [4.69, 9.17) is 46.4 Å². The van der Waals surface area contributed by atoms with Crippen LogP contribution in [0.15, 0.2) is 0 Å². The second-order valence-electron chi connectivity index (χ2n) is 2.53. The van der Waals surface area contributed by atoms with Crippen molar-refractivity contribution in [2.24, 2.45) is 0 Å². The van der Waals surface area contributed by atoms with Crippen LogP contribution in [0.4, 0.5) is 0 Å². The molecule has 0 atom stereocenters. The Labute approximate surface area is 89.1 Å². The number of hydrogen-bond donors (Lipinski definition) is 0. The minimum absolute atomic E-state index is 0.00692. The number of alkyl halides is 4. The van der Waals surface area contributed by atoms with E-state index in [0.717, 1.165) is 0 Å². The number of rotatable bonds is 0. The van der Waals surface area contributed by atoms with Crippen LogP contribution in [0.1, 0.15) is 12.8 Å². The van der Waals surface area contributed by atoms with Crippen molar-refractivity contribution in [3.8, 4) is 0 Å². The molecule has 0 aromatic carbocycles. The highest BCUT2D eigenvalue weighted by molar-refractivity contribution is 6.75. The Hall–Kier alpha value is 0.500. The smallest absolute Gasteiger partial charge is 0.237 e. The van der Waals surface area contributed by atoms with E-state index in [1.807, 2.05) is 0 Å². The van der Waals surface area contributed by atoms with E-state index in [-0.39, 0.29) is 12.8 Å². The van der Waals surface area contributed by atoms with Crippen molar-refractivity contribution in [2.45, 2.75) is 21.5 Å². The molecule has 68 valence electrons. The van der Waals surface area contributed by atoms with Crippen molar-refractivity contribution in [3.05, 3.63) is 0 Å². The molecule has 0 spiro atoms. The average molecular weight is 250 g/mol. The summed E-state index contributed by atoms with van der Waals surface area (Å²) in [6.45, 7) is 0. The van der Waals surface area contributed by atoms with Crippen molar-refractivity contribution in [1.29, 1.82) is 0 Å². The molecule has 0 unspecified atom stereocenters. The van der Waals surface area contributed by atoms with Crippen molar-refractivity contribution < 1.29 is 9.59 Å². The van der Waals surface area contributed by atoms with E-state index in [1.165, 1.54) is 0 Å². The number of ketones is 2. The zero-order chi connectivity index (χ0) is 9.57. The summed E-state index contributed by atoms with van der Waals surface area (Å²) in [5.74, 6) is -1.56. The van der Waals surface area contributed by atoms with E-state index in [0.29, 0.717) is 0 Å². The second-order valence-corrected chi connectivity index (χ2v) is 5.34. The lowest BCUT2D eigenvalue weighted by molar-refractivity contribution is -0.138. The molecular weight excluding hydrogens is 246 g/mol. The zero-order valence-electron chi connectivity index (χ0n) is 5.74. The first-order valence-electron chi connectivity index (χ1n) is 3.12. The van der Waals surface area contributed by atoms with Gasteiger partial charge in [-0.25, -0.2) is 0 Å². The van der Waals surface area contributed by atoms with E-state index >= 15 is 0 Å². The summed E-state index contributed by atoms with van der Waals surface area (Å²) in [6, 6.07) is 0. The topological polar surface area (TPSA) is 34.1 Å². The molecule has 1 aliphatic carbocycles. The molecular formula is C6H4Cl4O2. The molecule has 0 N–H and O–H groups in total. The van der Waals surface area contributed by atoms with Gasteiger partial charge in [-0.3, -0.25) is 9.59 Å². The van der Waals surface area contributed by atoms with Gasteiger partial charge in [-0.05, 0) is 6.42 Å². The third-order valence-electron chi connectivity index (χ3n) is 1.66. The molecule has 0 saturated heterocycles. The minimum Gasteiger partial charge on any atom is -0.291 e. The normalized spacial score (nSPS) is 27.3. The van der Waals surface area contributed by atoms with Gasteiger partial charge in [0.1, 0.15) is 0 Å². The molecule has 6 heteroatoms. The average Bonchev–Trinajstić information content (AvgIpc) is 1.96. The fourth-order valence-electron chi connectivity index (χ4n) is 0.882. The molecule has 2 nitrogen and oxygen atoms in total. The SMILES string of the molecule is O=C1CCC(Cl)(Cl)C(Cl)(Cl)C1=O. The van der Waals surface area contributed by atoms with Gasteiger partial charge in [-0.1, -0.05) is 46.4 Å². The van der Waals surface area contributed by atoms with Gasteiger partial charge in [-0.15, -0.1) is 0 Å². The second kappa shape index (κ2) is 3.02. The molecule has 12 heavy (non-hydrogen) atoms. The summed E-state index contributed by atoms with van der Waals surface area (Å²) in [7, 11) is 0. The van der Waals surface area contributed by atoms with Crippen LogP contribution in [0.5, 0.6) is 0 Å². The van der Waals surface area contributed by atoms with Gasteiger partial charge < -0.3 is 0 Å². The van der Waals surface area contributed by atoms with E-state index in [9.17, 15) is 9.59 Å². The largest absolute Gasteiger partial charge is 0.291 e. The lowest BCUT2D eigenvalue weighted by atomic mass is 9.96. The quantitative estimate of drug-likeness (QED) is 0.488. The van der Waals surface area contributed by atoms with Gasteiger partial charge in [-0.2, -0.15) is 0 Å². The maximum atomic E-state index is 11.1. The Morgan fingerprint density at radius 1 is 1.08 bits per heavy atom. The van der Waals surface area contributed by atoms with Crippen molar-refractivity contribution in [3.63, 3.8) is 0 Å². The fourth-order valence-corrected chi connectivity index (χ4v) is 1.64. The Morgan fingerprint density at radius 3 is 2.00 bits per heavy atom. The van der Waals surface area contributed by atoms with Gasteiger partial charge in [0.15, 0.2) is 4.33 Å². The summed E-state index contributed by atoms with van der Waals surface area (Å²) < 4.78 is -3.58. The standard InChI is InChI=1S/C6H4Cl4O2/c7-5(8)2-1-3(11)4(12)6(5,9)10/h1-2H2. The number of hydrogen-bond acceptors (Lipinski definition) is 2. The van der Waals surface area contributed by atoms with Crippen LogP contribution in [0.2, 0.25) is 0 Å². The highest BCUT2D eigenvalue weighted by Gasteiger charge is 2.57. The van der Waals surface area contributed by atoms with Crippen LogP contribution >= 0.6 is 46.4 Å². The lowest BCUT2D eigenvalue weighted by Crippen LogP contribution is -2.51. The first-order valence-corrected chi connectivity index (χ1v) is 4.63. The Kier molecular flexibility index (Phi) is 2.66. The molecule has 0 aromatic rings. The van der Waals surface area contributed by atoms with Crippen LogP contribution in [0.25, 0.3) is 0 Å². The zero-order valence-corrected chi connectivity index (χ0v) is 8.77. The van der Waals surface area contributed by atoms with Gasteiger partial charge in [0.25, 0.3) is 0 Å². The van der Waals surface area contributed by atoms with Gasteiger partial charge >= 0.3 is 0 Å². The Balaban J connectivity index is 3.04. The van der Waals surface area contributed by atoms with Crippen LogP contribution in [0.3, 0.4) is 0 Å². The van der Waals surface area contributed by atoms with Crippen LogP contribution in [-0.2, 0) is 9.59 Å². The predicted molar refractivity (Wildman–Crippen MR) is 48.1 cm³/mol. The molecule has 0 aromatic heterocycles. The molecule has 0 bridgehead atoms. The molecule has 0 heterocycles. The monoisotopic (exact) mass is 248 g/mol. The summed E-state index contributed by atoms with van der Waals surface area (Å²) in [5.41, 5.74) is 0. The van der Waals surface area contributed by atoms with E-state index in [2.05, 4.69) is 0 Å². The molecule has 1 saturated carbocycles. The van der Waals surface area contributed by atoms with E-state index < -0.39 is 20.2 Å². The summed E-state index contributed by atoms with van der Waals surface area (Å²) in [4.78, 5) is 21.9. The molecule has 1 aliphatic rings. The molecule has 1 fully saturated rings. The number of carbonyl (C=O) groups is 2. The molecule has 1 rings (SSSR count).